The van der Waals surface area contributed by atoms with Gasteiger partial charge in [-0.15, -0.1) is 0 Å². The van der Waals surface area contributed by atoms with E-state index < -0.39 is 11.9 Å². The number of carbonyl (C=O) groups excluding carboxylic acids is 2. The van der Waals surface area contributed by atoms with Crippen molar-refractivity contribution in [1.29, 1.82) is 0 Å². The minimum atomic E-state index is -1.06. The van der Waals surface area contributed by atoms with Crippen molar-refractivity contribution in [2.45, 2.75) is 139 Å². The van der Waals surface area contributed by atoms with E-state index in [9.17, 15) is 14.7 Å². The van der Waals surface area contributed by atoms with Gasteiger partial charge in [-0.05, 0) is 117 Å². The number of esters is 2. The SMILES string of the molecule is CCC1=CC2=NC1=CC1=C(C)C3=C(O)C(C(=O)OC)C(=C4NC(=CC5=NC(=C2)C(C)=C5)[C@@H](C)[C@@H]4CCC(=O)O/C=C(\C)CCCC(C)CCCC(C)CCCC(C)C)C3=N1. The van der Waals surface area contributed by atoms with Gasteiger partial charge in [0, 0.05) is 40.8 Å². The van der Waals surface area contributed by atoms with Crippen LogP contribution < -0.4 is 5.32 Å². The molecule has 0 radical (unpaired) electrons. The van der Waals surface area contributed by atoms with Gasteiger partial charge < -0.3 is 19.9 Å². The molecular weight excluding hydrogens is 749 g/mol. The zero-order valence-corrected chi connectivity index (χ0v) is 37.8. The third-order valence-electron chi connectivity index (χ3n) is 13.1. The summed E-state index contributed by atoms with van der Waals surface area (Å²) < 4.78 is 11.0. The molecule has 0 saturated carbocycles. The molecule has 8 bridgehead atoms. The Morgan fingerprint density at radius 2 is 1.53 bits per heavy atom. The Hall–Kier alpha value is -4.79. The molecule has 5 heterocycles. The highest BCUT2D eigenvalue weighted by molar-refractivity contribution is 6.24. The molecule has 60 heavy (non-hydrogen) atoms. The Bertz CT molecular complexity index is 2130. The van der Waals surface area contributed by atoms with E-state index in [2.05, 4.69) is 59.0 Å². The van der Waals surface area contributed by atoms with Crippen molar-refractivity contribution >= 4 is 29.1 Å². The molecule has 3 unspecified atom stereocenters. The van der Waals surface area contributed by atoms with Crippen molar-refractivity contribution in [2.24, 2.45) is 50.5 Å². The monoisotopic (exact) mass is 817 g/mol. The highest BCUT2D eigenvalue weighted by Gasteiger charge is 2.49. The van der Waals surface area contributed by atoms with Gasteiger partial charge >= 0.3 is 11.9 Å². The van der Waals surface area contributed by atoms with Gasteiger partial charge in [0.1, 0.15) is 11.7 Å². The molecule has 1 saturated heterocycles. The van der Waals surface area contributed by atoms with Crippen LogP contribution in [0.25, 0.3) is 0 Å². The summed E-state index contributed by atoms with van der Waals surface area (Å²) in [5, 5.41) is 15.5. The molecule has 0 aromatic carbocycles. The van der Waals surface area contributed by atoms with Crippen LogP contribution in [-0.4, -0.2) is 41.3 Å². The molecule has 9 heteroatoms. The number of rotatable bonds is 18. The molecule has 0 aromatic rings. The molecule has 0 aromatic heterocycles. The van der Waals surface area contributed by atoms with E-state index in [-0.39, 0.29) is 30.0 Å². The minimum Gasteiger partial charge on any atom is -0.510 e. The molecule has 6 aliphatic rings. The fraction of sp³-hybridized carbons (Fsp3) is 0.549. The molecule has 2 N–H and O–H groups in total. The summed E-state index contributed by atoms with van der Waals surface area (Å²) in [6, 6.07) is 0. The number of methoxy groups -OCH3 is 1. The van der Waals surface area contributed by atoms with Crippen LogP contribution in [0.4, 0.5) is 0 Å². The zero-order chi connectivity index (χ0) is 43.2. The standard InChI is InChI=1S/C51H68N4O5/c1-11-36-24-38-25-40-33(7)23-37(52-40)26-41-34(8)39(21-22-44(56)60-28-32(6)20-14-19-31(5)18-13-17-30(4)16-12-15-29(2)3)48(54-41)46-47(51(58)59-10)50(57)45-35(9)42(55-49(45)46)27-43(36)53-38/h23-31,34,39,47,54,57H,11-22H2,1-10H3/b32-28+,40-25?,41-26?,43-27?,48-46?/t30?,31?,34-,39-,47?/m0/s1. The summed E-state index contributed by atoms with van der Waals surface area (Å²) in [5.74, 6) is -0.0105. The summed E-state index contributed by atoms with van der Waals surface area (Å²) in [5.41, 5.74) is 11.2. The van der Waals surface area contributed by atoms with E-state index in [4.69, 9.17) is 24.5 Å². The highest BCUT2D eigenvalue weighted by Crippen LogP contribution is 2.49. The first kappa shape index (κ1) is 44.8. The normalized spacial score (nSPS) is 23.2. The van der Waals surface area contributed by atoms with E-state index in [0.717, 1.165) is 87.6 Å². The van der Waals surface area contributed by atoms with Gasteiger partial charge in [0.05, 0.1) is 47.6 Å². The molecule has 1 fully saturated rings. The summed E-state index contributed by atoms with van der Waals surface area (Å²) >= 11 is 0. The molecule has 322 valence electrons. The predicted molar refractivity (Wildman–Crippen MR) is 243 cm³/mol. The lowest BCUT2D eigenvalue weighted by Gasteiger charge is -2.20. The number of ether oxygens (including phenoxy) is 2. The zero-order valence-electron chi connectivity index (χ0n) is 37.8. The van der Waals surface area contributed by atoms with Crippen LogP contribution in [0.5, 0.6) is 0 Å². The number of aliphatic imine (C=N–C) groups is 3. The Balaban J connectivity index is 1.18. The number of aliphatic hydroxyl groups excluding tert-OH is 1. The number of nitrogens with zero attached hydrogens (tertiary/aromatic N) is 3. The second-order valence-corrected chi connectivity index (χ2v) is 18.5. The fourth-order valence-electron chi connectivity index (χ4n) is 9.37. The Labute approximate surface area is 358 Å². The van der Waals surface area contributed by atoms with E-state index in [1.807, 2.05) is 39.0 Å². The average molecular weight is 817 g/mol. The first-order valence-electron chi connectivity index (χ1n) is 22.6. The fourth-order valence-corrected chi connectivity index (χ4v) is 9.37. The van der Waals surface area contributed by atoms with Crippen LogP contribution in [0.1, 0.15) is 139 Å². The summed E-state index contributed by atoms with van der Waals surface area (Å²) in [7, 11) is 1.33. The van der Waals surface area contributed by atoms with Gasteiger partial charge in [-0.2, -0.15) is 0 Å². The van der Waals surface area contributed by atoms with Crippen molar-refractivity contribution in [3.63, 3.8) is 0 Å². The van der Waals surface area contributed by atoms with Gasteiger partial charge in [-0.25, -0.2) is 15.0 Å². The van der Waals surface area contributed by atoms with E-state index in [1.165, 1.54) is 52.1 Å². The third-order valence-corrected chi connectivity index (χ3v) is 13.1. The van der Waals surface area contributed by atoms with Crippen LogP contribution >= 0.6 is 0 Å². The van der Waals surface area contributed by atoms with Crippen LogP contribution in [-0.2, 0) is 19.1 Å². The predicted octanol–water partition coefficient (Wildman–Crippen LogP) is 12.0. The number of carbonyl (C=O) groups is 2. The van der Waals surface area contributed by atoms with Crippen LogP contribution in [0.2, 0.25) is 0 Å². The Kier molecular flexibility index (Phi) is 14.7. The smallest absolute Gasteiger partial charge is 0.321 e. The summed E-state index contributed by atoms with van der Waals surface area (Å²) in [6.07, 6.45) is 24.3. The van der Waals surface area contributed by atoms with Crippen molar-refractivity contribution in [2.75, 3.05) is 7.11 Å². The second kappa shape index (κ2) is 19.7. The van der Waals surface area contributed by atoms with Crippen LogP contribution in [0.15, 0.2) is 119 Å². The van der Waals surface area contributed by atoms with E-state index >= 15 is 0 Å². The molecule has 5 atom stereocenters. The number of fused-ring (bicyclic) bond motifs is 5. The summed E-state index contributed by atoms with van der Waals surface area (Å²) in [4.78, 5) is 41.9. The van der Waals surface area contributed by atoms with Gasteiger partial charge in [-0.3, -0.25) is 9.59 Å². The molecule has 0 amide bonds. The van der Waals surface area contributed by atoms with Gasteiger partial charge in [0.25, 0.3) is 0 Å². The lowest BCUT2D eigenvalue weighted by molar-refractivity contribution is -0.143. The minimum absolute atomic E-state index is 0.0783. The van der Waals surface area contributed by atoms with Gasteiger partial charge in [-0.1, -0.05) is 86.5 Å². The Morgan fingerprint density at radius 1 is 0.867 bits per heavy atom. The Morgan fingerprint density at radius 3 is 2.22 bits per heavy atom. The maximum atomic E-state index is 13.5. The molecule has 9 nitrogen and oxygen atoms in total. The average Bonchev–Trinajstić information content (AvgIpc) is 3.98. The number of aliphatic hydroxyl groups is 1. The van der Waals surface area contributed by atoms with Crippen molar-refractivity contribution < 1.29 is 24.2 Å². The molecule has 5 aliphatic heterocycles. The second-order valence-electron chi connectivity index (χ2n) is 18.5. The summed E-state index contributed by atoms with van der Waals surface area (Å²) in [6.45, 7) is 19.6. The maximum absolute atomic E-state index is 13.5. The molecule has 0 spiro atoms. The van der Waals surface area contributed by atoms with Gasteiger partial charge in [0.2, 0.25) is 0 Å². The molecular formula is C51H68N4O5. The highest BCUT2D eigenvalue weighted by atomic mass is 16.5. The van der Waals surface area contributed by atoms with E-state index in [1.54, 1.807) is 6.26 Å². The van der Waals surface area contributed by atoms with Crippen molar-refractivity contribution in [3.05, 3.63) is 104 Å². The topological polar surface area (TPSA) is 122 Å². The third kappa shape index (κ3) is 10.2. The van der Waals surface area contributed by atoms with Crippen molar-refractivity contribution in [3.8, 4) is 0 Å². The largest absolute Gasteiger partial charge is 0.510 e. The van der Waals surface area contributed by atoms with Crippen molar-refractivity contribution in [1.82, 2.24) is 5.32 Å². The van der Waals surface area contributed by atoms with E-state index in [0.29, 0.717) is 34.9 Å². The van der Waals surface area contributed by atoms with Crippen LogP contribution in [0, 0.1) is 35.5 Å². The van der Waals surface area contributed by atoms with Crippen LogP contribution in [0.3, 0.4) is 0 Å². The first-order valence-corrected chi connectivity index (χ1v) is 22.6. The number of allylic oxidation sites excluding steroid dienone is 12. The number of nitrogens with one attached hydrogen (secondary N) is 1. The molecule has 6 rings (SSSR count). The maximum Gasteiger partial charge on any atom is 0.321 e. The quantitative estimate of drug-likeness (QED) is 0.105. The lowest BCUT2D eigenvalue weighted by Crippen LogP contribution is -2.25. The molecule has 1 aliphatic carbocycles. The lowest BCUT2D eigenvalue weighted by atomic mass is 9.84. The number of hydrogen-bond acceptors (Lipinski definition) is 9. The number of hydrogen-bond donors (Lipinski definition) is 2. The van der Waals surface area contributed by atoms with Gasteiger partial charge in [0.15, 0.2) is 0 Å². The first-order chi connectivity index (χ1) is 28.7.